The number of carbonyl (C=O) groups is 2. The minimum atomic E-state index is -1.19. The maximum atomic E-state index is 12.3. The van der Waals surface area contributed by atoms with Crippen LogP contribution in [-0.4, -0.2) is 40.1 Å². The van der Waals surface area contributed by atoms with Crippen molar-refractivity contribution in [2.24, 2.45) is 0 Å². The van der Waals surface area contributed by atoms with Crippen molar-refractivity contribution in [2.45, 2.75) is 78.3 Å². The molecule has 0 bridgehead atoms. The summed E-state index contributed by atoms with van der Waals surface area (Å²) in [5.74, 6) is -0.991. The van der Waals surface area contributed by atoms with Crippen molar-refractivity contribution in [3.05, 3.63) is 0 Å². The van der Waals surface area contributed by atoms with Gasteiger partial charge in [-0.25, -0.2) is 9.59 Å². The first-order valence-electron chi connectivity index (χ1n) is 7.62. The van der Waals surface area contributed by atoms with Crippen molar-refractivity contribution in [3.8, 4) is 0 Å². The van der Waals surface area contributed by atoms with Gasteiger partial charge in [-0.1, -0.05) is 33.1 Å². The van der Waals surface area contributed by atoms with Crippen molar-refractivity contribution in [2.75, 3.05) is 6.54 Å². The number of likely N-dealkylation sites (N-methyl/N-ethyl adjacent to an activating group) is 1. The fourth-order valence-corrected chi connectivity index (χ4v) is 2.25. The van der Waals surface area contributed by atoms with Crippen molar-refractivity contribution in [1.29, 1.82) is 0 Å². The fraction of sp³-hybridized carbons (Fsp3) is 0.867. The third-order valence-corrected chi connectivity index (χ3v) is 3.63. The number of carbonyl (C=O) groups excluding carboxylic acids is 1. The van der Waals surface area contributed by atoms with Gasteiger partial charge in [0.15, 0.2) is 0 Å². The standard InChI is InChI=1S/C15H30N2O3/c1-6-9-11-12(10-7-2)16-14(20)17(8-3)15(4,5)13(18)19/h12H,6-11H2,1-5H3,(H,16,20)(H,18,19). The zero-order valence-electron chi connectivity index (χ0n) is 13.5. The van der Waals surface area contributed by atoms with Crippen LogP contribution in [0.2, 0.25) is 0 Å². The van der Waals surface area contributed by atoms with Crippen LogP contribution >= 0.6 is 0 Å². The number of aliphatic carboxylic acids is 1. The highest BCUT2D eigenvalue weighted by molar-refractivity contribution is 5.85. The van der Waals surface area contributed by atoms with Gasteiger partial charge in [0.05, 0.1) is 0 Å². The fourth-order valence-electron chi connectivity index (χ4n) is 2.25. The lowest BCUT2D eigenvalue weighted by molar-refractivity contribution is -0.147. The number of carboxylic acids is 1. The molecule has 0 aromatic rings. The minimum Gasteiger partial charge on any atom is -0.480 e. The number of carboxylic acid groups (broad SMARTS) is 1. The smallest absolute Gasteiger partial charge is 0.329 e. The first kappa shape index (κ1) is 18.7. The molecule has 0 spiro atoms. The van der Waals surface area contributed by atoms with Gasteiger partial charge in [-0.15, -0.1) is 0 Å². The van der Waals surface area contributed by atoms with Crippen LogP contribution in [0, 0.1) is 0 Å². The van der Waals surface area contributed by atoms with Gasteiger partial charge in [0.2, 0.25) is 0 Å². The second kappa shape index (κ2) is 8.82. The number of hydrogen-bond donors (Lipinski definition) is 2. The van der Waals surface area contributed by atoms with E-state index in [0.717, 1.165) is 32.1 Å². The first-order chi connectivity index (χ1) is 9.31. The van der Waals surface area contributed by atoms with Crippen LogP contribution in [0.1, 0.15) is 66.7 Å². The van der Waals surface area contributed by atoms with Crippen LogP contribution in [0.4, 0.5) is 4.79 Å². The van der Waals surface area contributed by atoms with Crippen molar-refractivity contribution in [1.82, 2.24) is 10.2 Å². The van der Waals surface area contributed by atoms with E-state index in [1.54, 1.807) is 20.8 Å². The van der Waals surface area contributed by atoms with Crippen LogP contribution in [-0.2, 0) is 4.79 Å². The predicted molar refractivity (Wildman–Crippen MR) is 80.8 cm³/mol. The van der Waals surface area contributed by atoms with E-state index in [4.69, 9.17) is 0 Å². The Morgan fingerprint density at radius 3 is 2.15 bits per heavy atom. The lowest BCUT2D eigenvalue weighted by Gasteiger charge is -2.35. The molecule has 0 radical (unpaired) electrons. The Kier molecular flexibility index (Phi) is 8.26. The summed E-state index contributed by atoms with van der Waals surface area (Å²) >= 11 is 0. The molecular formula is C15H30N2O3. The Morgan fingerprint density at radius 2 is 1.75 bits per heavy atom. The molecule has 1 unspecified atom stereocenters. The van der Waals surface area contributed by atoms with Crippen molar-refractivity contribution < 1.29 is 14.7 Å². The molecule has 5 nitrogen and oxygen atoms in total. The van der Waals surface area contributed by atoms with Gasteiger partial charge in [-0.05, 0) is 33.6 Å². The molecule has 0 saturated carbocycles. The second-order valence-corrected chi connectivity index (χ2v) is 5.69. The molecule has 0 aliphatic heterocycles. The molecule has 118 valence electrons. The number of unbranched alkanes of at least 4 members (excludes halogenated alkanes) is 1. The topological polar surface area (TPSA) is 69.6 Å². The maximum absolute atomic E-state index is 12.3. The zero-order chi connectivity index (χ0) is 15.8. The Balaban J connectivity index is 4.78. The summed E-state index contributed by atoms with van der Waals surface area (Å²) in [7, 11) is 0. The van der Waals surface area contributed by atoms with Crippen LogP contribution in [0.15, 0.2) is 0 Å². The van der Waals surface area contributed by atoms with Crippen LogP contribution in [0.25, 0.3) is 0 Å². The van der Waals surface area contributed by atoms with Gasteiger partial charge in [0.1, 0.15) is 5.54 Å². The molecule has 5 heteroatoms. The molecule has 2 N–H and O–H groups in total. The highest BCUT2D eigenvalue weighted by atomic mass is 16.4. The summed E-state index contributed by atoms with van der Waals surface area (Å²) in [4.78, 5) is 25.0. The highest BCUT2D eigenvalue weighted by Gasteiger charge is 2.37. The Hall–Kier alpha value is -1.26. The third-order valence-electron chi connectivity index (χ3n) is 3.63. The summed E-state index contributed by atoms with van der Waals surface area (Å²) in [6.07, 6.45) is 5.04. The number of nitrogens with zero attached hydrogens (tertiary/aromatic N) is 1. The number of hydrogen-bond acceptors (Lipinski definition) is 2. The Morgan fingerprint density at radius 1 is 1.15 bits per heavy atom. The maximum Gasteiger partial charge on any atom is 0.329 e. The molecule has 0 aliphatic rings. The van der Waals surface area contributed by atoms with Crippen LogP contribution in [0.5, 0.6) is 0 Å². The molecule has 2 amide bonds. The molecule has 0 aromatic carbocycles. The lowest BCUT2D eigenvalue weighted by atomic mass is 10.0. The minimum absolute atomic E-state index is 0.131. The Labute approximate surface area is 122 Å². The average molecular weight is 286 g/mol. The van der Waals surface area contributed by atoms with E-state index < -0.39 is 11.5 Å². The lowest BCUT2D eigenvalue weighted by Crippen LogP contribution is -2.57. The van der Waals surface area contributed by atoms with E-state index in [1.165, 1.54) is 4.90 Å². The van der Waals surface area contributed by atoms with E-state index in [-0.39, 0.29) is 12.1 Å². The van der Waals surface area contributed by atoms with Crippen molar-refractivity contribution in [3.63, 3.8) is 0 Å². The molecule has 0 aromatic heterocycles. The summed E-state index contributed by atoms with van der Waals surface area (Å²) in [5.41, 5.74) is -1.19. The quantitative estimate of drug-likeness (QED) is 0.683. The average Bonchev–Trinajstić information content (AvgIpc) is 2.36. The summed E-state index contributed by atoms with van der Waals surface area (Å²) < 4.78 is 0. The molecule has 0 saturated heterocycles. The molecule has 0 heterocycles. The largest absolute Gasteiger partial charge is 0.480 e. The number of rotatable bonds is 9. The molecule has 0 aliphatic carbocycles. The van der Waals surface area contributed by atoms with Crippen LogP contribution < -0.4 is 5.32 Å². The molecule has 20 heavy (non-hydrogen) atoms. The Bertz CT molecular complexity index is 316. The van der Waals surface area contributed by atoms with Crippen molar-refractivity contribution >= 4 is 12.0 Å². The monoisotopic (exact) mass is 286 g/mol. The highest BCUT2D eigenvalue weighted by Crippen LogP contribution is 2.16. The normalized spacial score (nSPS) is 12.8. The second-order valence-electron chi connectivity index (χ2n) is 5.69. The molecule has 0 rings (SSSR count). The van der Waals surface area contributed by atoms with E-state index in [9.17, 15) is 14.7 Å². The number of amides is 2. The molecule has 1 atom stereocenters. The van der Waals surface area contributed by atoms with Gasteiger partial charge in [-0.2, -0.15) is 0 Å². The van der Waals surface area contributed by atoms with Gasteiger partial charge >= 0.3 is 12.0 Å². The van der Waals surface area contributed by atoms with Gasteiger partial charge in [0, 0.05) is 12.6 Å². The zero-order valence-corrected chi connectivity index (χ0v) is 13.5. The first-order valence-corrected chi connectivity index (χ1v) is 7.62. The van der Waals surface area contributed by atoms with Gasteiger partial charge < -0.3 is 15.3 Å². The number of urea groups is 1. The van der Waals surface area contributed by atoms with E-state index in [1.807, 2.05) is 0 Å². The van der Waals surface area contributed by atoms with E-state index in [0.29, 0.717) is 6.54 Å². The van der Waals surface area contributed by atoms with E-state index >= 15 is 0 Å². The summed E-state index contributed by atoms with van der Waals surface area (Å²) in [6, 6.07) is -0.152. The SMILES string of the molecule is CCCCC(CCC)NC(=O)N(CC)C(C)(C)C(=O)O. The molecular weight excluding hydrogens is 256 g/mol. The predicted octanol–water partition coefficient (Wildman–Crippen LogP) is 3.24. The van der Waals surface area contributed by atoms with Gasteiger partial charge in [-0.3, -0.25) is 0 Å². The summed E-state index contributed by atoms with van der Waals surface area (Å²) in [6.45, 7) is 9.49. The number of nitrogens with one attached hydrogen (secondary N) is 1. The van der Waals surface area contributed by atoms with Gasteiger partial charge in [0.25, 0.3) is 0 Å². The van der Waals surface area contributed by atoms with E-state index in [2.05, 4.69) is 19.2 Å². The molecule has 0 fully saturated rings. The van der Waals surface area contributed by atoms with Crippen LogP contribution in [0.3, 0.4) is 0 Å². The third kappa shape index (κ3) is 5.39. The summed E-state index contributed by atoms with van der Waals surface area (Å²) in [5, 5.41) is 12.2.